The summed E-state index contributed by atoms with van der Waals surface area (Å²) in [5.41, 5.74) is 1.98. The summed E-state index contributed by atoms with van der Waals surface area (Å²) in [7, 11) is 0. The van der Waals surface area contributed by atoms with Gasteiger partial charge in [0.2, 0.25) is 11.8 Å². The number of thioether (sulfide) groups is 1. The molecule has 0 aromatic heterocycles. The minimum atomic E-state index is -0.490. The van der Waals surface area contributed by atoms with Crippen LogP contribution < -0.4 is 5.32 Å². The van der Waals surface area contributed by atoms with Crippen LogP contribution in [0, 0.1) is 5.82 Å². The lowest BCUT2D eigenvalue weighted by atomic mass is 9.95. The van der Waals surface area contributed by atoms with Crippen LogP contribution in [0.15, 0.2) is 54.6 Å². The van der Waals surface area contributed by atoms with Gasteiger partial charge in [0.1, 0.15) is 11.9 Å². The van der Waals surface area contributed by atoms with Crippen molar-refractivity contribution < 1.29 is 14.0 Å². The van der Waals surface area contributed by atoms with Crippen LogP contribution in [0.1, 0.15) is 56.6 Å². The highest BCUT2D eigenvalue weighted by molar-refractivity contribution is 7.99. The molecule has 0 aliphatic heterocycles. The van der Waals surface area contributed by atoms with Crippen LogP contribution in [-0.2, 0) is 21.9 Å². The molecule has 1 fully saturated rings. The Morgan fingerprint density at radius 1 is 1.03 bits per heavy atom. The molecule has 2 amide bonds. The number of carbonyl (C=O) groups excluding carboxylic acids is 2. The molecular weight excluding hydrogens is 423 g/mol. The summed E-state index contributed by atoms with van der Waals surface area (Å²) in [6.07, 6.45) is 6.13. The minimum absolute atomic E-state index is 0.0489. The molecule has 1 N–H and O–H groups in total. The normalized spacial score (nSPS) is 15.2. The van der Waals surface area contributed by atoms with Crippen LogP contribution >= 0.6 is 11.8 Å². The lowest BCUT2D eigenvalue weighted by Crippen LogP contribution is -2.52. The van der Waals surface area contributed by atoms with E-state index in [9.17, 15) is 14.0 Å². The second-order valence-electron chi connectivity index (χ2n) is 8.39. The zero-order valence-electron chi connectivity index (χ0n) is 18.8. The Labute approximate surface area is 195 Å². The zero-order chi connectivity index (χ0) is 22.8. The van der Waals surface area contributed by atoms with Gasteiger partial charge in [-0.2, -0.15) is 0 Å². The number of hydrogen-bond acceptors (Lipinski definition) is 3. The van der Waals surface area contributed by atoms with Gasteiger partial charge in [-0.1, -0.05) is 68.7 Å². The summed E-state index contributed by atoms with van der Waals surface area (Å²) in [5.74, 6) is 0.533. The molecule has 4 nitrogen and oxygen atoms in total. The summed E-state index contributed by atoms with van der Waals surface area (Å²) >= 11 is 1.49. The lowest BCUT2D eigenvalue weighted by Gasteiger charge is -2.32. The first-order valence-electron chi connectivity index (χ1n) is 11.5. The minimum Gasteiger partial charge on any atom is -0.352 e. The molecule has 1 saturated carbocycles. The maximum atomic E-state index is 13.3. The Bertz CT molecular complexity index is 854. The molecule has 2 aromatic carbocycles. The zero-order valence-corrected chi connectivity index (χ0v) is 19.6. The Balaban J connectivity index is 1.66. The molecule has 32 heavy (non-hydrogen) atoms. The van der Waals surface area contributed by atoms with E-state index in [0.717, 1.165) is 36.8 Å². The van der Waals surface area contributed by atoms with Crippen LogP contribution in [0.4, 0.5) is 4.39 Å². The molecule has 1 aliphatic carbocycles. The van der Waals surface area contributed by atoms with E-state index in [0.29, 0.717) is 18.7 Å². The fraction of sp³-hybridized carbons (Fsp3) is 0.462. The summed E-state index contributed by atoms with van der Waals surface area (Å²) in [6, 6.07) is 15.9. The van der Waals surface area contributed by atoms with Gasteiger partial charge in [-0.25, -0.2) is 4.39 Å². The van der Waals surface area contributed by atoms with E-state index in [1.54, 1.807) is 17.0 Å². The predicted octanol–water partition coefficient (Wildman–Crippen LogP) is 5.32. The van der Waals surface area contributed by atoms with Crippen LogP contribution in [0.5, 0.6) is 0 Å². The van der Waals surface area contributed by atoms with Gasteiger partial charge in [-0.15, -0.1) is 11.8 Å². The number of amides is 2. The second-order valence-corrected chi connectivity index (χ2v) is 9.38. The van der Waals surface area contributed by atoms with Gasteiger partial charge in [0.15, 0.2) is 0 Å². The maximum absolute atomic E-state index is 13.3. The topological polar surface area (TPSA) is 49.4 Å². The molecule has 0 heterocycles. The molecule has 1 unspecified atom stereocenters. The lowest BCUT2D eigenvalue weighted by molar-refractivity contribution is -0.139. The van der Waals surface area contributed by atoms with E-state index >= 15 is 0 Å². The summed E-state index contributed by atoms with van der Waals surface area (Å²) in [4.78, 5) is 28.1. The fourth-order valence-electron chi connectivity index (χ4n) is 4.16. The highest BCUT2D eigenvalue weighted by Crippen LogP contribution is 2.20. The van der Waals surface area contributed by atoms with Gasteiger partial charge in [0.05, 0.1) is 5.75 Å². The van der Waals surface area contributed by atoms with Crippen molar-refractivity contribution in [2.75, 3.05) is 5.75 Å². The molecule has 2 aromatic rings. The number of nitrogens with zero attached hydrogens (tertiary/aromatic N) is 1. The molecule has 1 aliphatic rings. The Hall–Kier alpha value is -2.34. The van der Waals surface area contributed by atoms with Crippen molar-refractivity contribution in [3.05, 3.63) is 71.5 Å². The van der Waals surface area contributed by atoms with Gasteiger partial charge < -0.3 is 10.2 Å². The molecule has 6 heteroatoms. The van der Waals surface area contributed by atoms with Crippen molar-refractivity contribution in [1.29, 1.82) is 0 Å². The fourth-order valence-corrected chi connectivity index (χ4v) is 5.03. The molecule has 0 saturated heterocycles. The second kappa shape index (κ2) is 12.6. The Morgan fingerprint density at radius 3 is 2.38 bits per heavy atom. The molecule has 0 radical (unpaired) electrons. The van der Waals surface area contributed by atoms with Crippen LogP contribution in [-0.4, -0.2) is 34.6 Å². The van der Waals surface area contributed by atoms with Gasteiger partial charge in [-0.05, 0) is 42.5 Å². The number of nitrogens with one attached hydrogen (secondary N) is 1. The van der Waals surface area contributed by atoms with E-state index in [1.807, 2.05) is 37.3 Å². The molecule has 1 atom stereocenters. The molecular formula is C26H33FN2O2S. The first-order chi connectivity index (χ1) is 15.6. The van der Waals surface area contributed by atoms with Gasteiger partial charge in [0, 0.05) is 18.3 Å². The van der Waals surface area contributed by atoms with Crippen LogP contribution in [0.3, 0.4) is 0 Å². The molecule has 0 spiro atoms. The standard InChI is InChI=1S/C26H33FN2O2S/c1-2-24(26(31)28-23-11-7-4-8-12-23)29(17-20-9-5-3-6-10-20)25(30)19-32-18-21-13-15-22(27)16-14-21/h3,5-6,9-10,13-16,23-24H,2,4,7-8,11-12,17-19H2,1H3,(H,28,31). The maximum Gasteiger partial charge on any atom is 0.243 e. The van der Waals surface area contributed by atoms with Gasteiger partial charge in [-0.3, -0.25) is 9.59 Å². The average molecular weight is 457 g/mol. The smallest absolute Gasteiger partial charge is 0.243 e. The Morgan fingerprint density at radius 2 is 1.72 bits per heavy atom. The number of hydrogen-bond donors (Lipinski definition) is 1. The molecule has 172 valence electrons. The molecule has 3 rings (SSSR count). The third-order valence-corrected chi connectivity index (χ3v) is 6.93. The summed E-state index contributed by atoms with van der Waals surface area (Å²) < 4.78 is 13.1. The third kappa shape index (κ3) is 7.37. The van der Waals surface area contributed by atoms with E-state index in [4.69, 9.17) is 0 Å². The highest BCUT2D eigenvalue weighted by Gasteiger charge is 2.30. The number of halogens is 1. The SMILES string of the molecule is CCC(C(=O)NC1CCCCC1)N(Cc1ccccc1)C(=O)CSCc1ccc(F)cc1. The van der Waals surface area contributed by atoms with E-state index in [1.165, 1.54) is 30.3 Å². The van der Waals surface area contributed by atoms with Crippen LogP contribution in [0.2, 0.25) is 0 Å². The largest absolute Gasteiger partial charge is 0.352 e. The van der Waals surface area contributed by atoms with E-state index < -0.39 is 6.04 Å². The summed E-state index contributed by atoms with van der Waals surface area (Å²) in [5, 5.41) is 3.20. The number of rotatable bonds is 10. The van der Waals surface area contributed by atoms with Crippen LogP contribution in [0.25, 0.3) is 0 Å². The van der Waals surface area contributed by atoms with Crippen molar-refractivity contribution in [3.63, 3.8) is 0 Å². The Kier molecular flexibility index (Phi) is 9.60. The number of carbonyl (C=O) groups is 2. The summed E-state index contributed by atoms with van der Waals surface area (Å²) in [6.45, 7) is 2.37. The average Bonchev–Trinajstić information content (AvgIpc) is 2.81. The van der Waals surface area contributed by atoms with Crippen molar-refractivity contribution in [3.8, 4) is 0 Å². The first-order valence-corrected chi connectivity index (χ1v) is 12.7. The monoisotopic (exact) mass is 456 g/mol. The highest BCUT2D eigenvalue weighted by atomic mass is 32.2. The quantitative estimate of drug-likeness (QED) is 0.527. The number of benzene rings is 2. The van der Waals surface area contributed by atoms with Gasteiger partial charge in [0.25, 0.3) is 0 Å². The van der Waals surface area contributed by atoms with Crippen molar-refractivity contribution in [2.24, 2.45) is 0 Å². The predicted molar refractivity (Wildman–Crippen MR) is 129 cm³/mol. The first kappa shape index (κ1) is 24.3. The van der Waals surface area contributed by atoms with Crippen molar-refractivity contribution in [1.82, 2.24) is 10.2 Å². The molecule has 0 bridgehead atoms. The van der Waals surface area contributed by atoms with Gasteiger partial charge >= 0.3 is 0 Å². The van der Waals surface area contributed by atoms with E-state index in [2.05, 4.69) is 5.32 Å². The van der Waals surface area contributed by atoms with E-state index in [-0.39, 0.29) is 29.4 Å². The third-order valence-electron chi connectivity index (χ3n) is 5.94. The van der Waals surface area contributed by atoms with Crippen molar-refractivity contribution >= 4 is 23.6 Å². The van der Waals surface area contributed by atoms with Crippen molar-refractivity contribution in [2.45, 2.75) is 69.8 Å².